The van der Waals surface area contributed by atoms with Gasteiger partial charge in [0.25, 0.3) is 11.6 Å². The van der Waals surface area contributed by atoms with Gasteiger partial charge >= 0.3 is 0 Å². The monoisotopic (exact) mass is 258 g/mol. The molecule has 0 heterocycles. The third-order valence-electron chi connectivity index (χ3n) is 1.97. The van der Waals surface area contributed by atoms with Gasteiger partial charge in [-0.05, 0) is 13.0 Å². The average Bonchev–Trinajstić information content (AvgIpc) is 2.25. The quantitative estimate of drug-likeness (QED) is 0.630. The number of hydrogen-bond acceptors (Lipinski definition) is 4. The summed E-state index contributed by atoms with van der Waals surface area (Å²) in [5.41, 5.74) is -0.555. The summed E-state index contributed by atoms with van der Waals surface area (Å²) in [4.78, 5) is 21.7. The molecule has 0 radical (unpaired) electrons. The van der Waals surface area contributed by atoms with Crippen LogP contribution in [0.25, 0.3) is 0 Å². The Morgan fingerprint density at radius 1 is 1.65 bits per heavy atom. The highest BCUT2D eigenvalue weighted by Crippen LogP contribution is 2.25. The van der Waals surface area contributed by atoms with Crippen LogP contribution in [0.1, 0.15) is 17.3 Å². The van der Waals surface area contributed by atoms with E-state index in [2.05, 4.69) is 5.32 Å². The van der Waals surface area contributed by atoms with Gasteiger partial charge in [0.2, 0.25) is 0 Å². The van der Waals surface area contributed by atoms with E-state index in [1.165, 1.54) is 25.1 Å². The second kappa shape index (κ2) is 5.60. The minimum atomic E-state index is -0.736. The molecule has 7 heteroatoms. The van der Waals surface area contributed by atoms with E-state index in [0.717, 1.165) is 0 Å². The number of benzene rings is 1. The van der Waals surface area contributed by atoms with Gasteiger partial charge in [0.1, 0.15) is 5.56 Å². The molecule has 1 aromatic rings. The first-order valence-corrected chi connectivity index (χ1v) is 5.20. The summed E-state index contributed by atoms with van der Waals surface area (Å²) in [7, 11) is 0. The fourth-order valence-corrected chi connectivity index (χ4v) is 1.47. The SMILES string of the molecule is C[C@H](O)CNC(=O)c1c(Cl)cccc1[N+](=O)[O-]. The minimum Gasteiger partial charge on any atom is -0.392 e. The lowest BCUT2D eigenvalue weighted by Crippen LogP contribution is -2.31. The Labute approximate surface area is 102 Å². The number of carbonyl (C=O) groups excluding carboxylic acids is 1. The van der Waals surface area contributed by atoms with Crippen LogP contribution in [0.15, 0.2) is 18.2 Å². The van der Waals surface area contributed by atoms with E-state index in [1.807, 2.05) is 0 Å². The van der Waals surface area contributed by atoms with Crippen molar-refractivity contribution in [2.75, 3.05) is 6.54 Å². The molecule has 0 aliphatic rings. The summed E-state index contributed by atoms with van der Waals surface area (Å²) in [6, 6.07) is 3.99. The number of rotatable bonds is 4. The molecular weight excluding hydrogens is 248 g/mol. The van der Waals surface area contributed by atoms with Crippen LogP contribution in [-0.2, 0) is 0 Å². The van der Waals surface area contributed by atoms with E-state index in [0.29, 0.717) is 0 Å². The average molecular weight is 259 g/mol. The van der Waals surface area contributed by atoms with Gasteiger partial charge in [-0.15, -0.1) is 0 Å². The van der Waals surface area contributed by atoms with E-state index >= 15 is 0 Å². The zero-order valence-electron chi connectivity index (χ0n) is 9.01. The molecule has 0 unspecified atom stereocenters. The summed E-state index contributed by atoms with van der Waals surface area (Å²) in [6.45, 7) is 1.49. The fraction of sp³-hybridized carbons (Fsp3) is 0.300. The van der Waals surface area contributed by atoms with Gasteiger partial charge in [-0.2, -0.15) is 0 Å². The van der Waals surface area contributed by atoms with Crippen molar-refractivity contribution in [1.82, 2.24) is 5.32 Å². The van der Waals surface area contributed by atoms with Crippen LogP contribution in [0.4, 0.5) is 5.69 Å². The minimum absolute atomic E-state index is 0.00120. The Hall–Kier alpha value is -1.66. The molecule has 0 saturated carbocycles. The van der Waals surface area contributed by atoms with Crippen LogP contribution < -0.4 is 5.32 Å². The predicted octanol–water partition coefficient (Wildman–Crippen LogP) is 1.36. The molecule has 0 aliphatic carbocycles. The van der Waals surface area contributed by atoms with E-state index < -0.39 is 16.9 Å². The van der Waals surface area contributed by atoms with Gasteiger partial charge in [0.15, 0.2) is 0 Å². The van der Waals surface area contributed by atoms with Crippen LogP contribution in [0.5, 0.6) is 0 Å². The van der Waals surface area contributed by atoms with Gasteiger partial charge in [-0.1, -0.05) is 17.7 Å². The molecule has 1 rings (SSSR count). The molecule has 2 N–H and O–H groups in total. The number of aliphatic hydroxyl groups excluding tert-OH is 1. The third-order valence-corrected chi connectivity index (χ3v) is 2.29. The first-order valence-electron chi connectivity index (χ1n) is 4.82. The maximum absolute atomic E-state index is 11.7. The number of halogens is 1. The number of nitro benzene ring substituents is 1. The molecule has 1 amide bonds. The van der Waals surface area contributed by atoms with Crippen LogP contribution in [0.2, 0.25) is 5.02 Å². The normalized spacial score (nSPS) is 11.9. The highest BCUT2D eigenvalue weighted by molar-refractivity contribution is 6.34. The number of nitro groups is 1. The fourth-order valence-electron chi connectivity index (χ4n) is 1.22. The van der Waals surface area contributed by atoms with Crippen molar-refractivity contribution in [3.05, 3.63) is 38.9 Å². The Morgan fingerprint density at radius 3 is 2.82 bits per heavy atom. The second-order valence-corrected chi connectivity index (χ2v) is 3.86. The van der Waals surface area contributed by atoms with E-state index in [1.54, 1.807) is 0 Å². The molecule has 6 nitrogen and oxygen atoms in total. The van der Waals surface area contributed by atoms with Crippen LogP contribution in [0, 0.1) is 10.1 Å². The third kappa shape index (κ3) is 3.40. The predicted molar refractivity (Wildman–Crippen MR) is 62.1 cm³/mol. The summed E-state index contributed by atoms with van der Waals surface area (Å²) in [5.74, 6) is -0.678. The van der Waals surface area contributed by atoms with Crippen molar-refractivity contribution in [2.45, 2.75) is 13.0 Å². The lowest BCUT2D eigenvalue weighted by atomic mass is 10.1. The summed E-state index contributed by atoms with van der Waals surface area (Å²) < 4.78 is 0. The van der Waals surface area contributed by atoms with Crippen molar-refractivity contribution in [1.29, 1.82) is 0 Å². The number of amides is 1. The van der Waals surface area contributed by atoms with E-state index in [4.69, 9.17) is 16.7 Å². The molecule has 0 bridgehead atoms. The molecule has 0 saturated heterocycles. The summed E-state index contributed by atoms with van der Waals surface area (Å²) in [6.07, 6.45) is -0.736. The van der Waals surface area contributed by atoms with Crippen molar-refractivity contribution < 1.29 is 14.8 Å². The number of hydrogen-bond donors (Lipinski definition) is 2. The number of nitrogens with zero attached hydrogens (tertiary/aromatic N) is 1. The van der Waals surface area contributed by atoms with Crippen molar-refractivity contribution >= 4 is 23.2 Å². The smallest absolute Gasteiger partial charge is 0.283 e. The highest BCUT2D eigenvalue weighted by Gasteiger charge is 2.23. The zero-order valence-corrected chi connectivity index (χ0v) is 9.77. The molecule has 0 spiro atoms. The Balaban J connectivity index is 3.03. The maximum atomic E-state index is 11.7. The molecule has 92 valence electrons. The van der Waals surface area contributed by atoms with E-state index in [-0.39, 0.29) is 22.8 Å². The largest absolute Gasteiger partial charge is 0.392 e. The molecule has 1 atom stereocenters. The first-order chi connectivity index (χ1) is 7.93. The number of aliphatic hydroxyl groups is 1. The van der Waals surface area contributed by atoms with Gasteiger partial charge in [0, 0.05) is 12.6 Å². The topological polar surface area (TPSA) is 92.5 Å². The molecular formula is C10H11ClN2O4. The van der Waals surface area contributed by atoms with Gasteiger partial charge < -0.3 is 10.4 Å². The maximum Gasteiger partial charge on any atom is 0.283 e. The number of nitrogens with one attached hydrogen (secondary N) is 1. The molecule has 0 fully saturated rings. The lowest BCUT2D eigenvalue weighted by molar-refractivity contribution is -0.385. The van der Waals surface area contributed by atoms with Crippen LogP contribution in [-0.4, -0.2) is 28.6 Å². The molecule has 0 aliphatic heterocycles. The first kappa shape index (κ1) is 13.4. The molecule has 1 aromatic carbocycles. The van der Waals surface area contributed by atoms with Crippen LogP contribution >= 0.6 is 11.6 Å². The summed E-state index contributed by atoms with van der Waals surface area (Å²) in [5, 5.41) is 22.1. The van der Waals surface area contributed by atoms with Crippen LogP contribution in [0.3, 0.4) is 0 Å². The standard InChI is InChI=1S/C10H11ClN2O4/c1-6(14)5-12-10(15)9-7(11)3-2-4-8(9)13(16)17/h2-4,6,14H,5H2,1H3,(H,12,15)/t6-/m0/s1. The van der Waals surface area contributed by atoms with Gasteiger partial charge in [-0.25, -0.2) is 0 Å². The Bertz CT molecular complexity index is 448. The van der Waals surface area contributed by atoms with Crippen molar-refractivity contribution in [3.8, 4) is 0 Å². The number of carbonyl (C=O) groups is 1. The summed E-state index contributed by atoms with van der Waals surface area (Å²) >= 11 is 5.76. The zero-order chi connectivity index (χ0) is 13.0. The highest BCUT2D eigenvalue weighted by atomic mass is 35.5. The van der Waals surface area contributed by atoms with Gasteiger partial charge in [0.05, 0.1) is 16.0 Å². The second-order valence-electron chi connectivity index (χ2n) is 3.45. The van der Waals surface area contributed by atoms with Crippen molar-refractivity contribution in [3.63, 3.8) is 0 Å². The Morgan fingerprint density at radius 2 is 2.29 bits per heavy atom. The van der Waals surface area contributed by atoms with Crippen molar-refractivity contribution in [2.24, 2.45) is 0 Å². The molecule has 0 aromatic heterocycles. The van der Waals surface area contributed by atoms with E-state index in [9.17, 15) is 14.9 Å². The van der Waals surface area contributed by atoms with Gasteiger partial charge in [-0.3, -0.25) is 14.9 Å². The lowest BCUT2D eigenvalue weighted by Gasteiger charge is -2.08. The Kier molecular flexibility index (Phi) is 4.42. The molecule has 17 heavy (non-hydrogen) atoms.